The number of amides is 1. The number of hydrogen-bond donors (Lipinski definition) is 2. The van der Waals surface area contributed by atoms with E-state index in [2.05, 4.69) is 31.0 Å². The van der Waals surface area contributed by atoms with Gasteiger partial charge in [-0.3, -0.25) is 9.69 Å². The van der Waals surface area contributed by atoms with E-state index in [-0.39, 0.29) is 24.9 Å². The van der Waals surface area contributed by atoms with E-state index < -0.39 is 0 Å². The van der Waals surface area contributed by atoms with Crippen molar-refractivity contribution < 1.29 is 9.90 Å². The summed E-state index contributed by atoms with van der Waals surface area (Å²) in [5.41, 5.74) is 1.98. The smallest absolute Gasteiger partial charge is 0.225 e. The SMILES string of the molecule is Cc1ccc(NC(=O)CCN2CCN(CCO)CC2)cc1Br.Cl. The number of carbonyl (C=O) groups excluding carboxylic acids is 1. The van der Waals surface area contributed by atoms with E-state index in [0.717, 1.165) is 55.0 Å². The molecule has 1 aliphatic heterocycles. The molecule has 5 nitrogen and oxygen atoms in total. The van der Waals surface area contributed by atoms with E-state index in [1.807, 2.05) is 25.1 Å². The third kappa shape index (κ3) is 6.77. The van der Waals surface area contributed by atoms with Crippen LogP contribution in [0.15, 0.2) is 22.7 Å². The quantitative estimate of drug-likeness (QED) is 0.760. The maximum atomic E-state index is 12.0. The molecular formula is C16H25BrClN3O2. The van der Waals surface area contributed by atoms with Gasteiger partial charge in [-0.25, -0.2) is 0 Å². The lowest BCUT2D eigenvalue weighted by Crippen LogP contribution is -2.47. The molecule has 0 spiro atoms. The Morgan fingerprint density at radius 2 is 1.83 bits per heavy atom. The van der Waals surface area contributed by atoms with Gasteiger partial charge in [0.15, 0.2) is 0 Å². The van der Waals surface area contributed by atoms with Crippen LogP contribution < -0.4 is 5.32 Å². The van der Waals surface area contributed by atoms with Crippen molar-refractivity contribution >= 4 is 39.9 Å². The van der Waals surface area contributed by atoms with Gasteiger partial charge in [-0.05, 0) is 24.6 Å². The molecule has 7 heteroatoms. The summed E-state index contributed by atoms with van der Waals surface area (Å²) in [4.78, 5) is 16.6. The maximum absolute atomic E-state index is 12.0. The molecule has 0 unspecified atom stereocenters. The van der Waals surface area contributed by atoms with Crippen molar-refractivity contribution in [2.45, 2.75) is 13.3 Å². The van der Waals surface area contributed by atoms with Crippen LogP contribution in [0.2, 0.25) is 0 Å². The standard InChI is InChI=1S/C16H24BrN3O2.ClH/c1-13-2-3-14(12-15(13)17)18-16(22)4-5-19-6-8-20(9-7-19)10-11-21;/h2-3,12,21H,4-11H2,1H3,(H,18,22);1H. The third-order valence-electron chi connectivity index (χ3n) is 3.99. The fourth-order valence-corrected chi connectivity index (χ4v) is 2.91. The molecule has 1 aromatic rings. The van der Waals surface area contributed by atoms with Gasteiger partial charge in [0, 0.05) is 55.8 Å². The first-order chi connectivity index (χ1) is 10.6. The zero-order valence-electron chi connectivity index (χ0n) is 13.4. The van der Waals surface area contributed by atoms with Gasteiger partial charge in [0.2, 0.25) is 5.91 Å². The van der Waals surface area contributed by atoms with Crippen LogP contribution in [-0.2, 0) is 4.79 Å². The van der Waals surface area contributed by atoms with Gasteiger partial charge in [0.05, 0.1) is 6.61 Å². The van der Waals surface area contributed by atoms with Crippen LogP contribution in [0.1, 0.15) is 12.0 Å². The average Bonchev–Trinajstić information content (AvgIpc) is 2.51. The number of carbonyl (C=O) groups is 1. The Bertz CT molecular complexity index is 508. The largest absolute Gasteiger partial charge is 0.395 e. The molecule has 130 valence electrons. The average molecular weight is 407 g/mol. The summed E-state index contributed by atoms with van der Waals surface area (Å²) in [6.45, 7) is 7.62. The lowest BCUT2D eigenvalue weighted by atomic mass is 10.2. The van der Waals surface area contributed by atoms with Gasteiger partial charge >= 0.3 is 0 Å². The number of piperazine rings is 1. The summed E-state index contributed by atoms with van der Waals surface area (Å²) >= 11 is 3.47. The minimum atomic E-state index is 0. The number of hydrogen-bond acceptors (Lipinski definition) is 4. The number of benzene rings is 1. The highest BCUT2D eigenvalue weighted by molar-refractivity contribution is 9.10. The zero-order chi connectivity index (χ0) is 15.9. The number of rotatable bonds is 6. The molecular weight excluding hydrogens is 382 g/mol. The number of nitrogens with zero attached hydrogens (tertiary/aromatic N) is 2. The highest BCUT2D eigenvalue weighted by Gasteiger charge is 2.16. The van der Waals surface area contributed by atoms with Crippen LogP contribution >= 0.6 is 28.3 Å². The van der Waals surface area contributed by atoms with Gasteiger partial charge < -0.3 is 15.3 Å². The molecule has 0 aliphatic carbocycles. The molecule has 0 saturated carbocycles. The predicted octanol–water partition coefficient (Wildman–Crippen LogP) is 2.12. The summed E-state index contributed by atoms with van der Waals surface area (Å²) in [6.07, 6.45) is 0.505. The number of anilines is 1. The molecule has 0 aromatic heterocycles. The molecule has 0 bridgehead atoms. The van der Waals surface area contributed by atoms with Crippen LogP contribution in [0, 0.1) is 6.92 Å². The molecule has 23 heavy (non-hydrogen) atoms. The molecule has 1 amide bonds. The number of halogens is 2. The fourth-order valence-electron chi connectivity index (χ4n) is 2.53. The Balaban J connectivity index is 0.00000264. The first-order valence-electron chi connectivity index (χ1n) is 7.70. The molecule has 1 heterocycles. The number of β-amino-alcohol motifs (C(OH)–C–C–N with tert-alkyl or cyclic N) is 1. The lowest BCUT2D eigenvalue weighted by Gasteiger charge is -2.34. The van der Waals surface area contributed by atoms with Crippen molar-refractivity contribution in [3.05, 3.63) is 28.2 Å². The normalized spacial score (nSPS) is 16.0. The van der Waals surface area contributed by atoms with E-state index in [4.69, 9.17) is 5.11 Å². The molecule has 1 aromatic carbocycles. The fraction of sp³-hybridized carbons (Fsp3) is 0.562. The highest BCUT2D eigenvalue weighted by atomic mass is 79.9. The van der Waals surface area contributed by atoms with Crippen molar-refractivity contribution in [3.8, 4) is 0 Å². The van der Waals surface area contributed by atoms with Crippen LogP contribution in [0.4, 0.5) is 5.69 Å². The Morgan fingerprint density at radius 3 is 2.39 bits per heavy atom. The van der Waals surface area contributed by atoms with Crippen LogP contribution in [0.25, 0.3) is 0 Å². The van der Waals surface area contributed by atoms with Crippen molar-refractivity contribution in [3.63, 3.8) is 0 Å². The molecule has 2 rings (SSSR count). The summed E-state index contributed by atoms with van der Waals surface area (Å²) in [5, 5.41) is 11.9. The summed E-state index contributed by atoms with van der Waals surface area (Å²) in [6, 6.07) is 5.84. The molecule has 0 radical (unpaired) electrons. The number of aliphatic hydroxyl groups is 1. The van der Waals surface area contributed by atoms with E-state index in [1.54, 1.807) is 0 Å². The number of nitrogens with one attached hydrogen (secondary N) is 1. The highest BCUT2D eigenvalue weighted by Crippen LogP contribution is 2.20. The maximum Gasteiger partial charge on any atom is 0.225 e. The van der Waals surface area contributed by atoms with Crippen LogP contribution in [-0.4, -0.2) is 66.7 Å². The minimum Gasteiger partial charge on any atom is -0.395 e. The molecule has 1 fully saturated rings. The van der Waals surface area contributed by atoms with Gasteiger partial charge in [0.1, 0.15) is 0 Å². The summed E-state index contributed by atoms with van der Waals surface area (Å²) in [5.74, 6) is 0.0496. The Morgan fingerprint density at radius 1 is 1.22 bits per heavy atom. The summed E-state index contributed by atoms with van der Waals surface area (Å²) < 4.78 is 1.00. The van der Waals surface area contributed by atoms with E-state index in [1.165, 1.54) is 0 Å². The number of aryl methyl sites for hydroxylation is 1. The Kier molecular flexibility index (Phi) is 9.09. The molecule has 0 atom stereocenters. The monoisotopic (exact) mass is 405 g/mol. The Labute approximate surface area is 152 Å². The second-order valence-corrected chi connectivity index (χ2v) is 6.52. The van der Waals surface area contributed by atoms with Gasteiger partial charge in [-0.1, -0.05) is 22.0 Å². The van der Waals surface area contributed by atoms with Crippen molar-refractivity contribution in [2.24, 2.45) is 0 Å². The second kappa shape index (κ2) is 10.3. The third-order valence-corrected chi connectivity index (χ3v) is 4.85. The van der Waals surface area contributed by atoms with Gasteiger partial charge in [-0.2, -0.15) is 0 Å². The van der Waals surface area contributed by atoms with E-state index in [0.29, 0.717) is 6.42 Å². The van der Waals surface area contributed by atoms with Crippen LogP contribution in [0.3, 0.4) is 0 Å². The van der Waals surface area contributed by atoms with Crippen LogP contribution in [0.5, 0.6) is 0 Å². The first-order valence-corrected chi connectivity index (χ1v) is 8.49. The first kappa shape index (κ1) is 20.4. The zero-order valence-corrected chi connectivity index (χ0v) is 15.8. The van der Waals surface area contributed by atoms with Crippen molar-refractivity contribution in [1.29, 1.82) is 0 Å². The predicted molar refractivity (Wildman–Crippen MR) is 99.3 cm³/mol. The minimum absolute atomic E-state index is 0. The lowest BCUT2D eigenvalue weighted by molar-refractivity contribution is -0.116. The number of aliphatic hydroxyl groups excluding tert-OH is 1. The molecule has 1 aliphatic rings. The van der Waals surface area contributed by atoms with E-state index in [9.17, 15) is 4.79 Å². The Hall–Kier alpha value is -0.660. The molecule has 2 N–H and O–H groups in total. The van der Waals surface area contributed by atoms with E-state index >= 15 is 0 Å². The second-order valence-electron chi connectivity index (χ2n) is 5.67. The van der Waals surface area contributed by atoms with Gasteiger partial charge in [0.25, 0.3) is 0 Å². The summed E-state index contributed by atoms with van der Waals surface area (Å²) in [7, 11) is 0. The molecule has 1 saturated heterocycles. The van der Waals surface area contributed by atoms with Gasteiger partial charge in [-0.15, -0.1) is 12.4 Å². The van der Waals surface area contributed by atoms with Crippen molar-refractivity contribution in [1.82, 2.24) is 9.80 Å². The topological polar surface area (TPSA) is 55.8 Å². The van der Waals surface area contributed by atoms with Crippen molar-refractivity contribution in [2.75, 3.05) is 51.2 Å².